The number of nitrogens with zero attached hydrogens (tertiary/aromatic N) is 1. The van der Waals surface area contributed by atoms with Gasteiger partial charge in [0.15, 0.2) is 0 Å². The van der Waals surface area contributed by atoms with Crippen molar-refractivity contribution in [2.75, 3.05) is 27.2 Å². The number of carbonyl (C=O) groups excluding carboxylic acids is 2. The summed E-state index contributed by atoms with van der Waals surface area (Å²) in [5.74, 6) is -0.180. The van der Waals surface area contributed by atoms with Crippen LogP contribution in [0.4, 0.5) is 0 Å². The number of hydrogen-bond acceptors (Lipinski definition) is 3. The average Bonchev–Trinajstić information content (AvgIpc) is 2.68. The molecule has 0 fully saturated rings. The minimum absolute atomic E-state index is 0.228. The Morgan fingerprint density at radius 1 is 1.00 bits per heavy atom. The number of benzene rings is 2. The Morgan fingerprint density at radius 2 is 1.62 bits per heavy atom. The second-order valence-electron chi connectivity index (χ2n) is 7.76. The summed E-state index contributed by atoms with van der Waals surface area (Å²) in [6.45, 7) is 7.45. The van der Waals surface area contributed by atoms with E-state index in [1.807, 2.05) is 62.3 Å². The fourth-order valence-electron chi connectivity index (χ4n) is 2.69. The monoisotopic (exact) mass is 393 g/mol. The largest absolute Gasteiger partial charge is 0.349 e. The van der Waals surface area contributed by atoms with Crippen LogP contribution in [0.15, 0.2) is 54.2 Å². The van der Waals surface area contributed by atoms with Gasteiger partial charge in [0.25, 0.3) is 11.8 Å². The highest BCUT2D eigenvalue weighted by atomic mass is 16.2. The first-order valence-corrected chi connectivity index (χ1v) is 9.89. The lowest BCUT2D eigenvalue weighted by atomic mass is 10.0. The maximum absolute atomic E-state index is 12.7. The Kier molecular flexibility index (Phi) is 8.16. The van der Waals surface area contributed by atoms with E-state index in [0.29, 0.717) is 24.6 Å². The highest BCUT2D eigenvalue weighted by Crippen LogP contribution is 2.16. The highest BCUT2D eigenvalue weighted by molar-refractivity contribution is 6.05. The SMILES string of the molecule is Cc1ccc(C(=O)N/C(=C\c2ccc(C(C)C)cc2)C(=O)NCCN(C)C)cc1. The molecule has 0 unspecified atom stereocenters. The number of rotatable bonds is 8. The molecule has 0 aliphatic rings. The van der Waals surface area contributed by atoms with Gasteiger partial charge < -0.3 is 15.5 Å². The maximum atomic E-state index is 12.7. The molecule has 0 heterocycles. The van der Waals surface area contributed by atoms with Crippen molar-refractivity contribution in [3.63, 3.8) is 0 Å². The van der Waals surface area contributed by atoms with Gasteiger partial charge in [-0.1, -0.05) is 55.8 Å². The van der Waals surface area contributed by atoms with Gasteiger partial charge in [-0.15, -0.1) is 0 Å². The van der Waals surface area contributed by atoms with E-state index in [2.05, 4.69) is 24.5 Å². The molecule has 2 aromatic rings. The summed E-state index contributed by atoms with van der Waals surface area (Å²) in [5.41, 5.74) is 3.90. The van der Waals surface area contributed by atoms with E-state index >= 15 is 0 Å². The van der Waals surface area contributed by atoms with Crippen LogP contribution in [-0.4, -0.2) is 43.9 Å². The van der Waals surface area contributed by atoms with Crippen molar-refractivity contribution in [3.05, 3.63) is 76.5 Å². The van der Waals surface area contributed by atoms with Gasteiger partial charge in [0.2, 0.25) is 0 Å². The van der Waals surface area contributed by atoms with Crippen LogP contribution in [0.1, 0.15) is 46.8 Å². The minimum atomic E-state index is -0.308. The molecular weight excluding hydrogens is 362 g/mol. The van der Waals surface area contributed by atoms with Gasteiger partial charge in [-0.2, -0.15) is 0 Å². The van der Waals surface area contributed by atoms with Gasteiger partial charge in [0.1, 0.15) is 5.70 Å². The number of aryl methyl sites for hydroxylation is 1. The Morgan fingerprint density at radius 3 is 2.17 bits per heavy atom. The number of amides is 2. The lowest BCUT2D eigenvalue weighted by Crippen LogP contribution is -2.37. The summed E-state index contributed by atoms with van der Waals surface area (Å²) in [4.78, 5) is 27.3. The lowest BCUT2D eigenvalue weighted by Gasteiger charge is -2.14. The number of likely N-dealkylation sites (N-methyl/N-ethyl adjacent to an activating group) is 1. The molecule has 0 aromatic heterocycles. The maximum Gasteiger partial charge on any atom is 0.267 e. The molecule has 0 spiro atoms. The quantitative estimate of drug-likeness (QED) is 0.674. The zero-order valence-electron chi connectivity index (χ0n) is 18.0. The smallest absolute Gasteiger partial charge is 0.267 e. The Labute approximate surface area is 173 Å². The van der Waals surface area contributed by atoms with Gasteiger partial charge in [-0.25, -0.2) is 0 Å². The molecular formula is C24H31N3O2. The molecule has 0 atom stereocenters. The van der Waals surface area contributed by atoms with Crippen LogP contribution in [0.25, 0.3) is 6.08 Å². The van der Waals surface area contributed by atoms with Gasteiger partial charge >= 0.3 is 0 Å². The molecule has 2 amide bonds. The number of hydrogen-bond donors (Lipinski definition) is 2. The van der Waals surface area contributed by atoms with Gasteiger partial charge in [0.05, 0.1) is 0 Å². The van der Waals surface area contributed by atoms with Gasteiger partial charge in [-0.3, -0.25) is 9.59 Å². The fraction of sp³-hybridized carbons (Fsp3) is 0.333. The summed E-state index contributed by atoms with van der Waals surface area (Å²) in [6, 6.07) is 15.3. The van der Waals surface area contributed by atoms with Crippen molar-refractivity contribution in [2.45, 2.75) is 26.7 Å². The van der Waals surface area contributed by atoms with Crippen LogP contribution in [0.2, 0.25) is 0 Å². The van der Waals surface area contributed by atoms with E-state index in [4.69, 9.17) is 0 Å². The molecule has 0 bridgehead atoms. The van der Waals surface area contributed by atoms with Crippen molar-refractivity contribution in [2.24, 2.45) is 0 Å². The summed E-state index contributed by atoms with van der Waals surface area (Å²) in [5, 5.41) is 5.64. The third-order valence-electron chi connectivity index (χ3n) is 4.57. The molecule has 2 rings (SSSR count). The van der Waals surface area contributed by atoms with Crippen LogP contribution in [0.3, 0.4) is 0 Å². The lowest BCUT2D eigenvalue weighted by molar-refractivity contribution is -0.117. The zero-order chi connectivity index (χ0) is 21.4. The Balaban J connectivity index is 2.22. The first kappa shape index (κ1) is 22.4. The van der Waals surface area contributed by atoms with Gasteiger partial charge in [-0.05, 0) is 56.3 Å². The molecule has 2 N–H and O–H groups in total. The second kappa shape index (κ2) is 10.6. The molecule has 2 aromatic carbocycles. The van der Waals surface area contributed by atoms with E-state index in [0.717, 1.165) is 11.1 Å². The van der Waals surface area contributed by atoms with Crippen LogP contribution in [0.5, 0.6) is 0 Å². The van der Waals surface area contributed by atoms with Crippen LogP contribution < -0.4 is 10.6 Å². The Bertz CT molecular complexity index is 851. The molecule has 0 saturated carbocycles. The van der Waals surface area contributed by atoms with Crippen LogP contribution in [-0.2, 0) is 4.79 Å². The third kappa shape index (κ3) is 7.20. The summed E-state index contributed by atoms with van der Waals surface area (Å²) >= 11 is 0. The third-order valence-corrected chi connectivity index (χ3v) is 4.57. The molecule has 5 heteroatoms. The first-order chi connectivity index (χ1) is 13.8. The van der Waals surface area contributed by atoms with E-state index in [1.54, 1.807) is 18.2 Å². The normalized spacial score (nSPS) is 11.6. The highest BCUT2D eigenvalue weighted by Gasteiger charge is 2.14. The minimum Gasteiger partial charge on any atom is -0.349 e. The molecule has 0 saturated heterocycles. The molecule has 5 nitrogen and oxygen atoms in total. The van der Waals surface area contributed by atoms with Crippen molar-refractivity contribution < 1.29 is 9.59 Å². The average molecular weight is 394 g/mol. The van der Waals surface area contributed by atoms with E-state index in [-0.39, 0.29) is 17.5 Å². The fourth-order valence-corrected chi connectivity index (χ4v) is 2.69. The summed E-state index contributed by atoms with van der Waals surface area (Å²) < 4.78 is 0. The molecule has 154 valence electrons. The van der Waals surface area contributed by atoms with E-state index < -0.39 is 0 Å². The molecule has 0 aliphatic heterocycles. The van der Waals surface area contributed by atoms with Crippen molar-refractivity contribution in [3.8, 4) is 0 Å². The standard InChI is InChI=1S/C24H31N3O2/c1-17(2)20-12-8-19(9-13-20)16-22(24(29)25-14-15-27(4)5)26-23(28)21-10-6-18(3)7-11-21/h6-13,16-17H,14-15H2,1-5H3,(H,25,29)(H,26,28)/b22-16-. The van der Waals surface area contributed by atoms with E-state index in [1.165, 1.54) is 5.56 Å². The zero-order valence-corrected chi connectivity index (χ0v) is 18.0. The first-order valence-electron chi connectivity index (χ1n) is 9.89. The van der Waals surface area contributed by atoms with E-state index in [9.17, 15) is 9.59 Å². The van der Waals surface area contributed by atoms with Crippen molar-refractivity contribution >= 4 is 17.9 Å². The number of carbonyl (C=O) groups is 2. The van der Waals surface area contributed by atoms with Crippen molar-refractivity contribution in [1.29, 1.82) is 0 Å². The topological polar surface area (TPSA) is 61.4 Å². The van der Waals surface area contributed by atoms with Gasteiger partial charge in [0, 0.05) is 18.7 Å². The summed E-state index contributed by atoms with van der Waals surface area (Å²) in [7, 11) is 3.89. The van der Waals surface area contributed by atoms with Crippen LogP contribution >= 0.6 is 0 Å². The molecule has 29 heavy (non-hydrogen) atoms. The Hall–Kier alpha value is -2.92. The van der Waals surface area contributed by atoms with Crippen LogP contribution in [0, 0.1) is 6.92 Å². The number of nitrogens with one attached hydrogen (secondary N) is 2. The second-order valence-corrected chi connectivity index (χ2v) is 7.76. The predicted octanol–water partition coefficient (Wildman–Crippen LogP) is 3.57. The predicted molar refractivity (Wildman–Crippen MR) is 119 cm³/mol. The summed E-state index contributed by atoms with van der Waals surface area (Å²) in [6.07, 6.45) is 1.71. The molecule has 0 radical (unpaired) electrons. The molecule has 0 aliphatic carbocycles. The van der Waals surface area contributed by atoms with Crippen molar-refractivity contribution in [1.82, 2.24) is 15.5 Å².